The van der Waals surface area contributed by atoms with E-state index in [9.17, 15) is 0 Å². The molecule has 0 saturated heterocycles. The largest absolute Gasteiger partial charge is 0.395 e. The van der Waals surface area contributed by atoms with Crippen LogP contribution < -0.4 is 10.6 Å². The summed E-state index contributed by atoms with van der Waals surface area (Å²) in [5.74, 6) is 0. The fourth-order valence-electron chi connectivity index (χ4n) is 1.77. The average molecular weight is 237 g/mol. The van der Waals surface area contributed by atoms with Crippen LogP contribution in [0.15, 0.2) is 18.3 Å². The number of nitrogens with two attached hydrogens (primary N) is 1. The molecule has 0 unspecified atom stereocenters. The van der Waals surface area contributed by atoms with Crippen LogP contribution >= 0.6 is 0 Å². The summed E-state index contributed by atoms with van der Waals surface area (Å²) >= 11 is 0. The molecule has 0 saturated carbocycles. The van der Waals surface area contributed by atoms with E-state index in [1.807, 2.05) is 18.3 Å². The van der Waals surface area contributed by atoms with Crippen LogP contribution in [0.4, 0.5) is 5.69 Å². The molecule has 1 heterocycles. The molecule has 0 amide bonds. The van der Waals surface area contributed by atoms with Crippen molar-refractivity contribution >= 4 is 5.69 Å². The Balaban J connectivity index is 2.76. The molecule has 1 aromatic rings. The third kappa shape index (κ3) is 3.98. The number of hydrogen-bond acceptors (Lipinski definition) is 4. The minimum Gasteiger partial charge on any atom is -0.395 e. The van der Waals surface area contributed by atoms with E-state index in [1.165, 1.54) is 0 Å². The lowest BCUT2D eigenvalue weighted by molar-refractivity contribution is 0.302. The van der Waals surface area contributed by atoms with Crippen molar-refractivity contribution in [1.29, 1.82) is 0 Å². The third-order valence-corrected chi connectivity index (χ3v) is 2.82. The van der Waals surface area contributed by atoms with Crippen LogP contribution in [0.5, 0.6) is 0 Å². The molecule has 96 valence electrons. The summed E-state index contributed by atoms with van der Waals surface area (Å²) in [6, 6.07) is 4.02. The van der Waals surface area contributed by atoms with E-state index in [1.54, 1.807) is 0 Å². The van der Waals surface area contributed by atoms with Crippen LogP contribution in [0.25, 0.3) is 0 Å². The highest BCUT2D eigenvalue weighted by atomic mass is 16.3. The van der Waals surface area contributed by atoms with Crippen molar-refractivity contribution in [2.24, 2.45) is 5.73 Å². The second-order valence-corrected chi connectivity index (χ2v) is 4.17. The van der Waals surface area contributed by atoms with Crippen molar-refractivity contribution in [1.82, 2.24) is 4.98 Å². The molecule has 0 fully saturated rings. The fraction of sp³-hybridized carbons (Fsp3) is 0.615. The van der Waals surface area contributed by atoms with Crippen LogP contribution in [0, 0.1) is 0 Å². The van der Waals surface area contributed by atoms with Crippen molar-refractivity contribution in [2.75, 3.05) is 24.6 Å². The lowest BCUT2D eigenvalue weighted by Gasteiger charge is -2.23. The summed E-state index contributed by atoms with van der Waals surface area (Å²) in [5, 5.41) is 9.02. The maximum absolute atomic E-state index is 9.02. The zero-order chi connectivity index (χ0) is 12.7. The van der Waals surface area contributed by atoms with Gasteiger partial charge in [-0.25, -0.2) is 0 Å². The van der Waals surface area contributed by atoms with Gasteiger partial charge in [-0.1, -0.05) is 13.8 Å². The number of anilines is 1. The Labute approximate surface area is 103 Å². The Morgan fingerprint density at radius 1 is 1.35 bits per heavy atom. The van der Waals surface area contributed by atoms with Gasteiger partial charge >= 0.3 is 0 Å². The Morgan fingerprint density at radius 2 is 2.12 bits per heavy atom. The number of hydrogen-bond donors (Lipinski definition) is 2. The van der Waals surface area contributed by atoms with E-state index in [-0.39, 0.29) is 12.6 Å². The van der Waals surface area contributed by atoms with Crippen molar-refractivity contribution in [3.05, 3.63) is 24.0 Å². The highest BCUT2D eigenvalue weighted by Gasteiger charge is 2.08. The van der Waals surface area contributed by atoms with E-state index in [2.05, 4.69) is 23.7 Å². The van der Waals surface area contributed by atoms with E-state index in [4.69, 9.17) is 10.8 Å². The average Bonchev–Trinajstić information content (AvgIpc) is 2.38. The standard InChI is InChI=1S/C13H23N3O/c1-3-7-16(8-9-17)11-5-6-13(15-10-11)12(14)4-2/h5-6,10,12,17H,3-4,7-9,14H2,1-2H3/t12-/m1/s1. The molecule has 17 heavy (non-hydrogen) atoms. The molecule has 0 aromatic carbocycles. The number of nitrogens with zero attached hydrogens (tertiary/aromatic N) is 2. The Kier molecular flexibility index (Phi) is 5.94. The highest BCUT2D eigenvalue weighted by molar-refractivity contribution is 5.44. The topological polar surface area (TPSA) is 62.4 Å². The van der Waals surface area contributed by atoms with Gasteiger partial charge in [-0.3, -0.25) is 4.98 Å². The molecule has 0 aliphatic rings. The van der Waals surface area contributed by atoms with Crippen LogP contribution in [-0.4, -0.2) is 29.8 Å². The van der Waals surface area contributed by atoms with Gasteiger partial charge < -0.3 is 15.7 Å². The maximum atomic E-state index is 9.02. The van der Waals surface area contributed by atoms with Crippen LogP contribution in [-0.2, 0) is 0 Å². The monoisotopic (exact) mass is 237 g/mol. The van der Waals surface area contributed by atoms with Gasteiger partial charge in [-0.2, -0.15) is 0 Å². The van der Waals surface area contributed by atoms with Gasteiger partial charge in [0.05, 0.1) is 24.2 Å². The van der Waals surface area contributed by atoms with Crippen molar-refractivity contribution in [3.63, 3.8) is 0 Å². The molecule has 1 atom stereocenters. The molecule has 1 aromatic heterocycles. The zero-order valence-electron chi connectivity index (χ0n) is 10.8. The normalized spacial score (nSPS) is 12.5. The molecular weight excluding hydrogens is 214 g/mol. The Morgan fingerprint density at radius 3 is 2.59 bits per heavy atom. The predicted molar refractivity (Wildman–Crippen MR) is 71.0 cm³/mol. The van der Waals surface area contributed by atoms with Gasteiger partial charge in [0.1, 0.15) is 0 Å². The first-order valence-electron chi connectivity index (χ1n) is 6.30. The van der Waals surface area contributed by atoms with E-state index in [0.29, 0.717) is 6.54 Å². The molecule has 4 heteroatoms. The zero-order valence-corrected chi connectivity index (χ0v) is 10.8. The van der Waals surface area contributed by atoms with Crippen molar-refractivity contribution in [3.8, 4) is 0 Å². The predicted octanol–water partition coefficient (Wildman–Crippen LogP) is 1.70. The highest BCUT2D eigenvalue weighted by Crippen LogP contribution is 2.17. The summed E-state index contributed by atoms with van der Waals surface area (Å²) in [6.45, 7) is 5.92. The number of aromatic nitrogens is 1. The SMILES string of the molecule is CCCN(CCO)c1ccc([C@H](N)CC)nc1. The molecular formula is C13H23N3O. The Bertz CT molecular complexity index is 307. The summed E-state index contributed by atoms with van der Waals surface area (Å²) in [7, 11) is 0. The second-order valence-electron chi connectivity index (χ2n) is 4.17. The van der Waals surface area contributed by atoms with E-state index >= 15 is 0 Å². The second kappa shape index (κ2) is 7.25. The van der Waals surface area contributed by atoms with Crippen molar-refractivity contribution < 1.29 is 5.11 Å². The van der Waals surface area contributed by atoms with Gasteiger partial charge in [0.25, 0.3) is 0 Å². The molecule has 0 bridgehead atoms. The molecule has 3 N–H and O–H groups in total. The summed E-state index contributed by atoms with van der Waals surface area (Å²) in [6.07, 6.45) is 3.79. The lowest BCUT2D eigenvalue weighted by Crippen LogP contribution is -2.27. The molecule has 1 rings (SSSR count). The van der Waals surface area contributed by atoms with Crippen LogP contribution in [0.2, 0.25) is 0 Å². The first-order valence-corrected chi connectivity index (χ1v) is 6.30. The number of aliphatic hydroxyl groups is 1. The number of rotatable bonds is 7. The van der Waals surface area contributed by atoms with E-state index in [0.717, 1.165) is 30.8 Å². The summed E-state index contributed by atoms with van der Waals surface area (Å²) < 4.78 is 0. The summed E-state index contributed by atoms with van der Waals surface area (Å²) in [5.41, 5.74) is 7.90. The van der Waals surface area contributed by atoms with Gasteiger partial charge in [0, 0.05) is 19.1 Å². The van der Waals surface area contributed by atoms with Crippen molar-refractivity contribution in [2.45, 2.75) is 32.7 Å². The van der Waals surface area contributed by atoms with Crippen LogP contribution in [0.1, 0.15) is 38.4 Å². The molecule has 0 spiro atoms. The first kappa shape index (κ1) is 13.9. The minimum atomic E-state index is 0.0153. The third-order valence-electron chi connectivity index (χ3n) is 2.82. The van der Waals surface area contributed by atoms with Gasteiger partial charge in [0.15, 0.2) is 0 Å². The maximum Gasteiger partial charge on any atom is 0.0606 e. The minimum absolute atomic E-state index is 0.0153. The van der Waals surface area contributed by atoms with E-state index < -0.39 is 0 Å². The lowest BCUT2D eigenvalue weighted by atomic mass is 10.1. The summed E-state index contributed by atoms with van der Waals surface area (Å²) in [4.78, 5) is 6.52. The molecule has 0 aliphatic heterocycles. The molecule has 0 aliphatic carbocycles. The van der Waals surface area contributed by atoms with Gasteiger partial charge in [0.2, 0.25) is 0 Å². The Hall–Kier alpha value is -1.13. The van der Waals surface area contributed by atoms with Crippen LogP contribution in [0.3, 0.4) is 0 Å². The quantitative estimate of drug-likeness (QED) is 0.757. The first-order chi connectivity index (χ1) is 8.22. The number of pyridine rings is 1. The molecule has 4 nitrogen and oxygen atoms in total. The number of aliphatic hydroxyl groups excluding tert-OH is 1. The molecule has 0 radical (unpaired) electrons. The van der Waals surface area contributed by atoms with Gasteiger partial charge in [-0.15, -0.1) is 0 Å². The van der Waals surface area contributed by atoms with Gasteiger partial charge in [-0.05, 0) is 25.0 Å². The fourth-order valence-corrected chi connectivity index (χ4v) is 1.77. The smallest absolute Gasteiger partial charge is 0.0606 e.